The topological polar surface area (TPSA) is 49.9 Å². The number of benzene rings is 2. The molecular weight excluding hydrogens is 304 g/mol. The molecule has 0 unspecified atom stereocenters. The van der Waals surface area contributed by atoms with Crippen LogP contribution >= 0.6 is 0 Å². The first-order chi connectivity index (χ1) is 11.6. The summed E-state index contributed by atoms with van der Waals surface area (Å²) >= 11 is 0. The number of hydrogen-bond acceptors (Lipinski definition) is 4. The molecule has 0 spiro atoms. The van der Waals surface area contributed by atoms with Crippen LogP contribution in [0.1, 0.15) is 11.1 Å². The summed E-state index contributed by atoms with van der Waals surface area (Å²) in [5, 5.41) is 1.82. The van der Waals surface area contributed by atoms with Gasteiger partial charge in [0.2, 0.25) is 5.91 Å². The highest BCUT2D eigenvalue weighted by Crippen LogP contribution is 2.57. The molecule has 0 radical (unpaired) electrons. The third-order valence-corrected chi connectivity index (χ3v) is 5.51. The van der Waals surface area contributed by atoms with Gasteiger partial charge in [0.25, 0.3) is 5.91 Å². The highest BCUT2D eigenvalue weighted by molar-refractivity contribution is 6.08. The molecule has 5 rings (SSSR count). The van der Waals surface area contributed by atoms with Crippen molar-refractivity contribution in [2.45, 2.75) is 18.1 Å². The van der Waals surface area contributed by atoms with E-state index >= 15 is 0 Å². The normalized spacial score (nSPS) is 30.5. The van der Waals surface area contributed by atoms with Crippen LogP contribution in [0.3, 0.4) is 0 Å². The third-order valence-electron chi connectivity index (χ3n) is 5.51. The van der Waals surface area contributed by atoms with Gasteiger partial charge in [-0.3, -0.25) is 19.3 Å². The number of imide groups is 1. The van der Waals surface area contributed by atoms with Gasteiger partial charge < -0.3 is 0 Å². The minimum absolute atomic E-state index is 0.163. The first kappa shape index (κ1) is 13.7. The van der Waals surface area contributed by atoms with Gasteiger partial charge in [0.05, 0.1) is 5.69 Å². The summed E-state index contributed by atoms with van der Waals surface area (Å²) in [6.07, 6.45) is -0.0858. The fraction of sp³-hybridized carbons (Fsp3) is 0.263. The molecule has 2 fully saturated rings. The smallest absolute Gasteiger partial charge is 0.261 e. The van der Waals surface area contributed by atoms with Gasteiger partial charge in [-0.2, -0.15) is 0 Å². The largest absolute Gasteiger partial charge is 0.283 e. The maximum absolute atomic E-state index is 12.9. The number of para-hydroxylation sites is 1. The van der Waals surface area contributed by atoms with Gasteiger partial charge in [0.1, 0.15) is 11.5 Å². The van der Waals surface area contributed by atoms with Crippen molar-refractivity contribution in [3.8, 4) is 0 Å². The highest BCUT2D eigenvalue weighted by Gasteiger charge is 2.68. The van der Waals surface area contributed by atoms with E-state index in [4.69, 9.17) is 4.84 Å². The van der Waals surface area contributed by atoms with Crippen LogP contribution in [-0.4, -0.2) is 29.9 Å². The molecule has 3 aliphatic heterocycles. The van der Waals surface area contributed by atoms with Gasteiger partial charge in [-0.05, 0) is 17.2 Å². The Labute approximate surface area is 139 Å². The lowest BCUT2D eigenvalue weighted by atomic mass is 9.75. The van der Waals surface area contributed by atoms with E-state index in [9.17, 15) is 9.59 Å². The van der Waals surface area contributed by atoms with Crippen molar-refractivity contribution in [3.63, 3.8) is 0 Å². The Balaban J connectivity index is 1.76. The number of likely N-dealkylation sites (tertiary alicyclic amines) is 1. The Kier molecular flexibility index (Phi) is 2.55. The number of amides is 2. The Morgan fingerprint density at radius 2 is 1.71 bits per heavy atom. The molecule has 3 heterocycles. The number of anilines is 1. The van der Waals surface area contributed by atoms with Gasteiger partial charge in [-0.15, -0.1) is 0 Å². The average molecular weight is 320 g/mol. The maximum Gasteiger partial charge on any atom is 0.261 e. The van der Waals surface area contributed by atoms with Crippen molar-refractivity contribution in [2.24, 2.45) is 5.92 Å². The molecule has 0 N–H and O–H groups in total. The van der Waals surface area contributed by atoms with Gasteiger partial charge in [-0.25, -0.2) is 5.06 Å². The zero-order valence-electron chi connectivity index (χ0n) is 13.2. The number of fused-ring (bicyclic) bond motifs is 5. The molecular formula is C19H16N2O3. The molecule has 3 atom stereocenters. The molecule has 0 aliphatic carbocycles. The van der Waals surface area contributed by atoms with Crippen LogP contribution < -0.4 is 5.06 Å². The van der Waals surface area contributed by atoms with Crippen LogP contribution in [-0.2, 0) is 26.4 Å². The molecule has 5 heteroatoms. The van der Waals surface area contributed by atoms with Gasteiger partial charge in [-0.1, -0.05) is 48.5 Å². The fourth-order valence-corrected chi connectivity index (χ4v) is 4.40. The van der Waals surface area contributed by atoms with Crippen LogP contribution in [0, 0.1) is 5.92 Å². The first-order valence-corrected chi connectivity index (χ1v) is 8.06. The molecule has 0 saturated carbocycles. The summed E-state index contributed by atoms with van der Waals surface area (Å²) < 4.78 is 0. The lowest BCUT2D eigenvalue weighted by Gasteiger charge is -2.35. The lowest BCUT2D eigenvalue weighted by Crippen LogP contribution is -2.47. The van der Waals surface area contributed by atoms with Crippen LogP contribution in [0.5, 0.6) is 0 Å². The number of carbonyl (C=O) groups is 2. The molecule has 0 aromatic heterocycles. The minimum atomic E-state index is -0.740. The average Bonchev–Trinajstić information content (AvgIpc) is 3.19. The summed E-state index contributed by atoms with van der Waals surface area (Å²) in [5.74, 6) is -0.943. The standard InChI is InChI=1S/C19H16N2O3/c1-20-17(22)15-16(18(20)23)24-21-14-10-6-5-7-12(14)11-19(15,21)13-8-3-2-4-9-13/h2-10,15-16H,11H2,1H3/t15-,16+,19-/m1/s1. The minimum Gasteiger partial charge on any atom is -0.283 e. The predicted molar refractivity (Wildman–Crippen MR) is 86.9 cm³/mol. The van der Waals surface area contributed by atoms with Crippen molar-refractivity contribution >= 4 is 17.5 Å². The molecule has 3 aliphatic rings. The maximum atomic E-state index is 12.9. The Morgan fingerprint density at radius 3 is 2.50 bits per heavy atom. The quantitative estimate of drug-likeness (QED) is 0.753. The van der Waals surface area contributed by atoms with E-state index in [1.807, 2.05) is 53.6 Å². The molecule has 5 nitrogen and oxygen atoms in total. The van der Waals surface area contributed by atoms with Crippen molar-refractivity contribution < 1.29 is 14.4 Å². The van der Waals surface area contributed by atoms with E-state index in [1.54, 1.807) is 0 Å². The molecule has 2 amide bonds. The number of hydrogen-bond donors (Lipinski definition) is 0. The summed E-state index contributed by atoms with van der Waals surface area (Å²) in [7, 11) is 1.54. The highest BCUT2D eigenvalue weighted by atomic mass is 16.7. The van der Waals surface area contributed by atoms with Gasteiger partial charge >= 0.3 is 0 Å². The zero-order chi connectivity index (χ0) is 16.5. The summed E-state index contributed by atoms with van der Waals surface area (Å²) in [6, 6.07) is 17.9. The number of nitrogens with zero attached hydrogens (tertiary/aromatic N) is 2. The monoisotopic (exact) mass is 320 g/mol. The van der Waals surface area contributed by atoms with Crippen molar-refractivity contribution in [3.05, 3.63) is 65.7 Å². The van der Waals surface area contributed by atoms with Crippen molar-refractivity contribution in [2.75, 3.05) is 12.1 Å². The Bertz CT molecular complexity index is 866. The SMILES string of the molecule is CN1C(=O)[C@H]2ON3c4ccccc4C[C@@]3(c3ccccc3)[C@H]2C1=O. The van der Waals surface area contributed by atoms with E-state index in [1.165, 1.54) is 11.9 Å². The second-order valence-corrected chi connectivity index (χ2v) is 6.63. The van der Waals surface area contributed by atoms with E-state index in [-0.39, 0.29) is 11.8 Å². The fourth-order valence-electron chi connectivity index (χ4n) is 4.40. The number of rotatable bonds is 1. The molecule has 2 aromatic rings. The van der Waals surface area contributed by atoms with E-state index < -0.39 is 17.6 Å². The Hall–Kier alpha value is -2.66. The number of carbonyl (C=O) groups excluding carboxylic acids is 2. The van der Waals surface area contributed by atoms with E-state index in [0.29, 0.717) is 6.42 Å². The summed E-state index contributed by atoms with van der Waals surface area (Å²) in [6.45, 7) is 0. The van der Waals surface area contributed by atoms with Crippen LogP contribution in [0.2, 0.25) is 0 Å². The van der Waals surface area contributed by atoms with Crippen molar-refractivity contribution in [1.29, 1.82) is 0 Å². The summed E-state index contributed by atoms with van der Waals surface area (Å²) in [4.78, 5) is 32.6. The van der Waals surface area contributed by atoms with E-state index in [0.717, 1.165) is 16.8 Å². The van der Waals surface area contributed by atoms with Gasteiger partial charge in [0, 0.05) is 13.5 Å². The molecule has 0 bridgehead atoms. The summed E-state index contributed by atoms with van der Waals surface area (Å²) in [5.41, 5.74) is 2.42. The third kappa shape index (κ3) is 1.43. The molecule has 2 aromatic carbocycles. The second kappa shape index (κ2) is 4.45. The molecule has 120 valence electrons. The predicted octanol–water partition coefficient (Wildman–Crippen LogP) is 1.87. The van der Waals surface area contributed by atoms with Crippen molar-refractivity contribution in [1.82, 2.24) is 4.90 Å². The number of hydroxylamine groups is 1. The van der Waals surface area contributed by atoms with E-state index in [2.05, 4.69) is 6.07 Å². The Morgan fingerprint density at radius 1 is 1.00 bits per heavy atom. The molecule has 24 heavy (non-hydrogen) atoms. The van der Waals surface area contributed by atoms with Crippen LogP contribution in [0.15, 0.2) is 54.6 Å². The van der Waals surface area contributed by atoms with Gasteiger partial charge in [0.15, 0.2) is 6.10 Å². The van der Waals surface area contributed by atoms with Crippen LogP contribution in [0.4, 0.5) is 5.69 Å². The zero-order valence-corrected chi connectivity index (χ0v) is 13.2. The molecule has 2 saturated heterocycles. The number of likely N-dealkylation sites (N-methyl/N-ethyl adjacent to an activating group) is 1. The first-order valence-electron chi connectivity index (χ1n) is 8.06. The lowest BCUT2D eigenvalue weighted by molar-refractivity contribution is -0.141. The van der Waals surface area contributed by atoms with Crippen LogP contribution in [0.25, 0.3) is 0 Å². The second-order valence-electron chi connectivity index (χ2n) is 6.63.